The highest BCUT2D eigenvalue weighted by atomic mass is 19.1. The smallest absolute Gasteiger partial charge is 0.336 e. The zero-order valence-corrected chi connectivity index (χ0v) is 11.8. The molecular formula is C16H17FN2O2. The Morgan fingerprint density at radius 3 is 2.57 bits per heavy atom. The molecule has 0 fully saturated rings. The van der Waals surface area contributed by atoms with Gasteiger partial charge in [0, 0.05) is 25.5 Å². The van der Waals surface area contributed by atoms with E-state index in [9.17, 15) is 14.3 Å². The molecule has 0 aliphatic heterocycles. The Balaban J connectivity index is 2.17. The molecule has 0 unspecified atom stereocenters. The summed E-state index contributed by atoms with van der Waals surface area (Å²) < 4.78 is 13.2. The maximum atomic E-state index is 13.2. The van der Waals surface area contributed by atoms with E-state index in [1.54, 1.807) is 12.4 Å². The Morgan fingerprint density at radius 2 is 1.95 bits per heavy atom. The molecule has 1 N–H and O–H groups in total. The Morgan fingerprint density at radius 1 is 1.24 bits per heavy atom. The van der Waals surface area contributed by atoms with Gasteiger partial charge in [0.1, 0.15) is 5.82 Å². The van der Waals surface area contributed by atoms with Crippen LogP contribution in [0.15, 0.2) is 42.7 Å². The van der Waals surface area contributed by atoms with Crippen molar-refractivity contribution in [3.8, 4) is 0 Å². The normalized spacial score (nSPS) is 10.8. The third-order valence-electron chi connectivity index (χ3n) is 3.30. The van der Waals surface area contributed by atoms with Gasteiger partial charge < -0.3 is 5.11 Å². The quantitative estimate of drug-likeness (QED) is 0.888. The molecule has 0 spiro atoms. The zero-order chi connectivity index (χ0) is 15.2. The number of benzene rings is 1. The Labute approximate surface area is 122 Å². The van der Waals surface area contributed by atoms with Crippen LogP contribution < -0.4 is 0 Å². The third-order valence-corrected chi connectivity index (χ3v) is 3.30. The number of aromatic nitrogens is 1. The van der Waals surface area contributed by atoms with Crippen molar-refractivity contribution in [2.45, 2.75) is 20.0 Å². The fraction of sp³-hybridized carbons (Fsp3) is 0.250. The van der Waals surface area contributed by atoms with Crippen LogP contribution in [0.25, 0.3) is 0 Å². The molecule has 1 aromatic heterocycles. The number of halogens is 1. The Bertz CT molecular complexity index is 617. The van der Waals surface area contributed by atoms with Gasteiger partial charge in [0.05, 0.1) is 5.56 Å². The maximum absolute atomic E-state index is 13.2. The molecule has 0 aliphatic carbocycles. The van der Waals surface area contributed by atoms with E-state index >= 15 is 0 Å². The summed E-state index contributed by atoms with van der Waals surface area (Å²) in [6, 6.07) is 7.74. The zero-order valence-electron chi connectivity index (χ0n) is 11.8. The molecule has 21 heavy (non-hydrogen) atoms. The first kappa shape index (κ1) is 15.1. The van der Waals surface area contributed by atoms with Gasteiger partial charge in [0.25, 0.3) is 0 Å². The number of rotatable bonds is 6. The molecule has 110 valence electrons. The highest BCUT2D eigenvalue weighted by Crippen LogP contribution is 2.15. The number of hydrogen-bond acceptors (Lipinski definition) is 3. The molecule has 0 radical (unpaired) electrons. The molecule has 1 heterocycles. The van der Waals surface area contributed by atoms with Crippen molar-refractivity contribution in [3.63, 3.8) is 0 Å². The number of hydrogen-bond donors (Lipinski definition) is 1. The van der Waals surface area contributed by atoms with Crippen LogP contribution >= 0.6 is 0 Å². The van der Waals surface area contributed by atoms with Gasteiger partial charge in [0.15, 0.2) is 0 Å². The van der Waals surface area contributed by atoms with Crippen LogP contribution in [-0.2, 0) is 13.1 Å². The van der Waals surface area contributed by atoms with Gasteiger partial charge in [-0.3, -0.25) is 9.88 Å². The molecule has 1 aromatic carbocycles. The lowest BCUT2D eigenvalue weighted by atomic mass is 10.1. The standard InChI is InChI=1S/C16H17FN2O2/c1-2-19(10-12-5-7-18-8-6-12)11-13-3-4-14(17)9-15(13)16(20)21/h3-9H,2,10-11H2,1H3,(H,20,21). The summed E-state index contributed by atoms with van der Waals surface area (Å²) >= 11 is 0. The number of pyridine rings is 1. The number of carbonyl (C=O) groups is 1. The van der Waals surface area contributed by atoms with Crippen LogP contribution in [0, 0.1) is 5.82 Å². The lowest BCUT2D eigenvalue weighted by molar-refractivity contribution is 0.0693. The summed E-state index contributed by atoms with van der Waals surface area (Å²) in [6.07, 6.45) is 3.45. The summed E-state index contributed by atoms with van der Waals surface area (Å²) in [4.78, 5) is 17.3. The monoisotopic (exact) mass is 288 g/mol. The van der Waals surface area contributed by atoms with Crippen molar-refractivity contribution < 1.29 is 14.3 Å². The van der Waals surface area contributed by atoms with E-state index in [0.29, 0.717) is 18.7 Å². The second kappa shape index (κ2) is 6.95. The van der Waals surface area contributed by atoms with Crippen molar-refractivity contribution in [1.29, 1.82) is 0 Å². The van der Waals surface area contributed by atoms with Crippen LogP contribution in [0.5, 0.6) is 0 Å². The van der Waals surface area contributed by atoms with Crippen molar-refractivity contribution in [2.24, 2.45) is 0 Å². The van der Waals surface area contributed by atoms with Gasteiger partial charge in [-0.1, -0.05) is 13.0 Å². The average Bonchev–Trinajstić information content (AvgIpc) is 2.49. The minimum absolute atomic E-state index is 0.0168. The molecule has 0 amide bonds. The Hall–Kier alpha value is -2.27. The van der Waals surface area contributed by atoms with E-state index in [1.807, 2.05) is 19.1 Å². The highest BCUT2D eigenvalue weighted by molar-refractivity contribution is 5.89. The molecule has 0 saturated heterocycles. The second-order valence-corrected chi connectivity index (χ2v) is 4.77. The first-order valence-corrected chi connectivity index (χ1v) is 6.73. The molecule has 2 aromatic rings. The lowest BCUT2D eigenvalue weighted by Crippen LogP contribution is -2.23. The summed E-state index contributed by atoms with van der Waals surface area (Å²) in [6.45, 7) is 3.92. The van der Waals surface area contributed by atoms with E-state index in [0.717, 1.165) is 18.2 Å². The van der Waals surface area contributed by atoms with Gasteiger partial charge in [0.2, 0.25) is 0 Å². The summed E-state index contributed by atoms with van der Waals surface area (Å²) in [5.74, 6) is -1.64. The van der Waals surface area contributed by atoms with E-state index in [-0.39, 0.29) is 5.56 Å². The number of carboxylic acids is 1. The van der Waals surface area contributed by atoms with Gasteiger partial charge >= 0.3 is 5.97 Å². The molecule has 0 aliphatic rings. The van der Waals surface area contributed by atoms with Crippen LogP contribution in [0.3, 0.4) is 0 Å². The van der Waals surface area contributed by atoms with Crippen LogP contribution in [0.4, 0.5) is 4.39 Å². The van der Waals surface area contributed by atoms with E-state index < -0.39 is 11.8 Å². The van der Waals surface area contributed by atoms with Gasteiger partial charge in [-0.2, -0.15) is 0 Å². The van der Waals surface area contributed by atoms with Crippen LogP contribution in [0.1, 0.15) is 28.4 Å². The number of aromatic carboxylic acids is 1. The molecule has 0 bridgehead atoms. The van der Waals surface area contributed by atoms with Crippen molar-refractivity contribution >= 4 is 5.97 Å². The van der Waals surface area contributed by atoms with Crippen molar-refractivity contribution in [2.75, 3.05) is 6.54 Å². The summed E-state index contributed by atoms with van der Waals surface area (Å²) in [5, 5.41) is 9.17. The first-order valence-electron chi connectivity index (χ1n) is 6.73. The molecule has 5 heteroatoms. The van der Waals surface area contributed by atoms with Crippen LogP contribution in [-0.4, -0.2) is 27.5 Å². The highest BCUT2D eigenvalue weighted by Gasteiger charge is 2.14. The van der Waals surface area contributed by atoms with Crippen molar-refractivity contribution in [1.82, 2.24) is 9.88 Å². The molecule has 2 rings (SSSR count). The molecule has 0 atom stereocenters. The van der Waals surface area contributed by atoms with Crippen LogP contribution in [0.2, 0.25) is 0 Å². The SMILES string of the molecule is CCN(Cc1ccncc1)Cc1ccc(F)cc1C(=O)O. The molecule has 4 nitrogen and oxygen atoms in total. The maximum Gasteiger partial charge on any atom is 0.336 e. The van der Waals surface area contributed by atoms with E-state index in [4.69, 9.17) is 0 Å². The minimum atomic E-state index is -1.11. The number of nitrogens with zero attached hydrogens (tertiary/aromatic N) is 2. The number of carboxylic acid groups (broad SMARTS) is 1. The minimum Gasteiger partial charge on any atom is -0.478 e. The first-order chi connectivity index (χ1) is 10.1. The summed E-state index contributed by atoms with van der Waals surface area (Å²) in [5.41, 5.74) is 1.73. The van der Waals surface area contributed by atoms with Gasteiger partial charge in [-0.25, -0.2) is 9.18 Å². The van der Waals surface area contributed by atoms with E-state index in [2.05, 4.69) is 9.88 Å². The lowest BCUT2D eigenvalue weighted by Gasteiger charge is -2.21. The average molecular weight is 288 g/mol. The largest absolute Gasteiger partial charge is 0.478 e. The van der Waals surface area contributed by atoms with Gasteiger partial charge in [-0.05, 0) is 41.9 Å². The molecular weight excluding hydrogens is 271 g/mol. The molecule has 0 saturated carbocycles. The van der Waals surface area contributed by atoms with Gasteiger partial charge in [-0.15, -0.1) is 0 Å². The second-order valence-electron chi connectivity index (χ2n) is 4.77. The Kier molecular flexibility index (Phi) is 5.00. The van der Waals surface area contributed by atoms with Crippen molar-refractivity contribution in [3.05, 3.63) is 65.2 Å². The third kappa shape index (κ3) is 4.10. The topological polar surface area (TPSA) is 53.4 Å². The van der Waals surface area contributed by atoms with E-state index in [1.165, 1.54) is 12.1 Å². The fourth-order valence-electron chi connectivity index (χ4n) is 2.15. The fourth-order valence-corrected chi connectivity index (χ4v) is 2.15. The predicted molar refractivity (Wildman–Crippen MR) is 77.4 cm³/mol. The predicted octanol–water partition coefficient (Wildman–Crippen LogP) is 2.94. The summed E-state index contributed by atoms with van der Waals surface area (Å²) in [7, 11) is 0.